The molecule has 0 aromatic carbocycles. The Hall–Kier alpha value is 0.120. The minimum Gasteiger partial charge on any atom is -0.374 e. The zero-order chi connectivity index (χ0) is 11.3. The van der Waals surface area contributed by atoms with Gasteiger partial charge in [-0.3, -0.25) is 4.90 Å². The molecule has 2 N–H and O–H groups in total. The highest BCUT2D eigenvalue weighted by Gasteiger charge is 2.20. The first kappa shape index (κ1) is 16.1. The molecule has 0 aliphatic carbocycles. The smallest absolute Gasteiger partial charge is 0.151 e. The van der Waals surface area contributed by atoms with E-state index < -0.39 is 9.84 Å². The molecule has 5 nitrogen and oxygen atoms in total. The van der Waals surface area contributed by atoms with E-state index in [0.717, 1.165) is 13.1 Å². The molecule has 1 atom stereocenters. The minimum atomic E-state index is -2.86. The van der Waals surface area contributed by atoms with Crippen molar-refractivity contribution in [3.63, 3.8) is 0 Å². The summed E-state index contributed by atoms with van der Waals surface area (Å²) in [6.07, 6.45) is 0.0584. The zero-order valence-corrected chi connectivity index (χ0v) is 11.2. The maximum absolute atomic E-state index is 11.3. The molecule has 0 aromatic heterocycles. The fourth-order valence-electron chi connectivity index (χ4n) is 1.54. The molecule has 16 heavy (non-hydrogen) atoms. The van der Waals surface area contributed by atoms with Crippen LogP contribution in [0.2, 0.25) is 0 Å². The van der Waals surface area contributed by atoms with Gasteiger partial charge in [0.05, 0.1) is 18.5 Å². The monoisotopic (exact) mass is 272 g/mol. The maximum Gasteiger partial charge on any atom is 0.151 e. The first-order chi connectivity index (χ1) is 7.07. The average molecular weight is 273 g/mol. The topological polar surface area (TPSA) is 72.6 Å². The summed E-state index contributed by atoms with van der Waals surface area (Å²) in [5, 5.41) is 0. The fourth-order valence-corrected chi connectivity index (χ4v) is 2.36. The maximum atomic E-state index is 11.3. The number of sulfone groups is 1. The van der Waals surface area contributed by atoms with Crippen molar-refractivity contribution < 1.29 is 13.2 Å². The second-order valence-corrected chi connectivity index (χ2v) is 6.24. The van der Waals surface area contributed by atoms with Gasteiger partial charge < -0.3 is 10.5 Å². The predicted octanol–water partition coefficient (Wildman–Crippen LogP) is -0.498. The molecule has 1 saturated heterocycles. The minimum absolute atomic E-state index is 0. The third-order valence-corrected chi connectivity index (χ3v) is 4.33. The van der Waals surface area contributed by atoms with Crippen LogP contribution in [0.4, 0.5) is 0 Å². The van der Waals surface area contributed by atoms with Crippen molar-refractivity contribution in [2.24, 2.45) is 5.73 Å². The van der Waals surface area contributed by atoms with E-state index in [2.05, 4.69) is 4.90 Å². The van der Waals surface area contributed by atoms with Crippen molar-refractivity contribution in [2.45, 2.75) is 13.0 Å². The third kappa shape index (κ3) is 5.45. The molecule has 0 aromatic rings. The number of nitrogens with zero attached hydrogens (tertiary/aromatic N) is 1. The van der Waals surface area contributed by atoms with E-state index in [1.807, 2.05) is 0 Å². The molecule has 1 rings (SSSR count). The Balaban J connectivity index is 0.00000225. The lowest BCUT2D eigenvalue weighted by molar-refractivity contribution is -0.0209. The van der Waals surface area contributed by atoms with Gasteiger partial charge in [-0.1, -0.05) is 6.92 Å². The van der Waals surface area contributed by atoms with E-state index in [-0.39, 0.29) is 30.0 Å². The van der Waals surface area contributed by atoms with E-state index in [4.69, 9.17) is 10.5 Å². The van der Waals surface area contributed by atoms with Crippen LogP contribution in [0.15, 0.2) is 0 Å². The van der Waals surface area contributed by atoms with Gasteiger partial charge in [0.25, 0.3) is 0 Å². The van der Waals surface area contributed by atoms with E-state index in [1.54, 1.807) is 6.92 Å². The molecule has 1 heterocycles. The predicted molar refractivity (Wildman–Crippen MR) is 66.8 cm³/mol. The van der Waals surface area contributed by atoms with Crippen LogP contribution >= 0.6 is 12.4 Å². The van der Waals surface area contributed by atoms with Crippen LogP contribution in [-0.4, -0.2) is 63.7 Å². The quantitative estimate of drug-likeness (QED) is 0.731. The van der Waals surface area contributed by atoms with Crippen molar-refractivity contribution in [3.05, 3.63) is 0 Å². The lowest BCUT2D eigenvalue weighted by atomic mass is 10.3. The Morgan fingerprint density at radius 1 is 1.50 bits per heavy atom. The first-order valence-corrected chi connectivity index (χ1v) is 7.14. The Morgan fingerprint density at radius 2 is 2.19 bits per heavy atom. The van der Waals surface area contributed by atoms with Gasteiger partial charge >= 0.3 is 0 Å². The van der Waals surface area contributed by atoms with Crippen LogP contribution in [-0.2, 0) is 14.6 Å². The third-order valence-electron chi connectivity index (χ3n) is 2.64. The molecule has 1 aliphatic rings. The second kappa shape index (κ2) is 7.45. The number of morpholine rings is 1. The van der Waals surface area contributed by atoms with Crippen molar-refractivity contribution in [1.82, 2.24) is 4.90 Å². The number of halogens is 1. The molecular formula is C9H21ClN2O3S. The molecule has 1 fully saturated rings. The van der Waals surface area contributed by atoms with Crippen molar-refractivity contribution in [1.29, 1.82) is 0 Å². The molecule has 7 heteroatoms. The van der Waals surface area contributed by atoms with Crippen LogP contribution in [0.3, 0.4) is 0 Å². The lowest BCUT2D eigenvalue weighted by Crippen LogP contribution is -2.47. The number of rotatable bonds is 5. The fraction of sp³-hybridized carbons (Fsp3) is 1.00. The molecule has 0 amide bonds. The summed E-state index contributed by atoms with van der Waals surface area (Å²) in [6, 6.07) is 0. The van der Waals surface area contributed by atoms with E-state index >= 15 is 0 Å². The van der Waals surface area contributed by atoms with Crippen LogP contribution < -0.4 is 5.73 Å². The van der Waals surface area contributed by atoms with Gasteiger partial charge in [0, 0.05) is 31.9 Å². The number of hydrogen-bond donors (Lipinski definition) is 1. The summed E-state index contributed by atoms with van der Waals surface area (Å²) in [7, 11) is -2.86. The van der Waals surface area contributed by atoms with Crippen molar-refractivity contribution in [2.75, 3.05) is 44.3 Å². The van der Waals surface area contributed by atoms with Crippen molar-refractivity contribution >= 4 is 22.2 Å². The Morgan fingerprint density at radius 3 is 2.75 bits per heavy atom. The largest absolute Gasteiger partial charge is 0.374 e. The average Bonchev–Trinajstić information content (AvgIpc) is 2.27. The summed E-state index contributed by atoms with van der Waals surface area (Å²) in [4.78, 5) is 2.11. The summed E-state index contributed by atoms with van der Waals surface area (Å²) in [6.45, 7) is 4.96. The molecule has 1 unspecified atom stereocenters. The summed E-state index contributed by atoms with van der Waals surface area (Å²) >= 11 is 0. The van der Waals surface area contributed by atoms with Crippen LogP contribution in [0.5, 0.6) is 0 Å². The first-order valence-electron chi connectivity index (χ1n) is 5.32. The molecule has 0 bridgehead atoms. The van der Waals surface area contributed by atoms with Crippen molar-refractivity contribution in [3.8, 4) is 0 Å². The standard InChI is InChI=1S/C9H20N2O3S.ClH/c1-2-15(12,13)6-4-11-3-5-14-9(7-10)8-11;/h9H,2-8,10H2,1H3;1H. The molecule has 0 spiro atoms. The van der Waals surface area contributed by atoms with Gasteiger partial charge in [0.1, 0.15) is 0 Å². The highest BCUT2D eigenvalue weighted by atomic mass is 35.5. The van der Waals surface area contributed by atoms with Gasteiger partial charge in [-0.15, -0.1) is 12.4 Å². The lowest BCUT2D eigenvalue weighted by Gasteiger charge is -2.32. The zero-order valence-electron chi connectivity index (χ0n) is 9.59. The Labute approximate surface area is 104 Å². The van der Waals surface area contributed by atoms with Crippen LogP contribution in [0.1, 0.15) is 6.92 Å². The summed E-state index contributed by atoms with van der Waals surface area (Å²) < 4.78 is 28.0. The number of hydrogen-bond acceptors (Lipinski definition) is 5. The van der Waals surface area contributed by atoms with Gasteiger partial charge in [0.15, 0.2) is 9.84 Å². The van der Waals surface area contributed by atoms with E-state index in [1.165, 1.54) is 0 Å². The molecule has 0 saturated carbocycles. The van der Waals surface area contributed by atoms with Gasteiger partial charge in [-0.25, -0.2) is 8.42 Å². The molecule has 98 valence electrons. The Bertz CT molecular complexity index is 284. The Kier molecular flexibility index (Phi) is 7.50. The summed E-state index contributed by atoms with van der Waals surface area (Å²) in [5.74, 6) is 0.457. The van der Waals surface area contributed by atoms with Crippen LogP contribution in [0, 0.1) is 0 Å². The van der Waals surface area contributed by atoms with E-state index in [0.29, 0.717) is 19.7 Å². The van der Waals surface area contributed by atoms with Gasteiger partial charge in [-0.05, 0) is 0 Å². The van der Waals surface area contributed by atoms with Gasteiger partial charge in [0.2, 0.25) is 0 Å². The molecular weight excluding hydrogens is 252 g/mol. The highest BCUT2D eigenvalue weighted by molar-refractivity contribution is 7.91. The van der Waals surface area contributed by atoms with E-state index in [9.17, 15) is 8.42 Å². The molecule has 0 radical (unpaired) electrons. The SMILES string of the molecule is CCS(=O)(=O)CCN1CCOC(CN)C1.Cl. The highest BCUT2D eigenvalue weighted by Crippen LogP contribution is 2.04. The number of ether oxygens (including phenoxy) is 1. The molecule has 1 aliphatic heterocycles. The second-order valence-electron chi connectivity index (χ2n) is 3.77. The summed E-state index contributed by atoms with van der Waals surface area (Å²) in [5.41, 5.74) is 5.50. The normalized spacial score (nSPS) is 22.8. The van der Waals surface area contributed by atoms with Gasteiger partial charge in [-0.2, -0.15) is 0 Å². The number of nitrogens with two attached hydrogens (primary N) is 1. The van der Waals surface area contributed by atoms with Crippen LogP contribution in [0.25, 0.3) is 0 Å².